The van der Waals surface area contributed by atoms with Gasteiger partial charge in [0.05, 0.1) is 11.7 Å². The van der Waals surface area contributed by atoms with Crippen LogP contribution in [0.2, 0.25) is 0 Å². The SMILES string of the molecule is CCC1(CC)C(Cl)CC1OC(C)(C)C. The van der Waals surface area contributed by atoms with Crippen molar-refractivity contribution in [3.05, 3.63) is 0 Å². The number of hydrogen-bond acceptors (Lipinski definition) is 1. The van der Waals surface area contributed by atoms with Crippen LogP contribution in [0.25, 0.3) is 0 Å². The molecule has 0 aromatic heterocycles. The molecule has 0 aromatic carbocycles. The van der Waals surface area contributed by atoms with Crippen LogP contribution < -0.4 is 0 Å². The van der Waals surface area contributed by atoms with E-state index in [-0.39, 0.29) is 11.0 Å². The predicted octanol–water partition coefficient (Wildman–Crippen LogP) is 3.99. The van der Waals surface area contributed by atoms with Crippen molar-refractivity contribution in [1.82, 2.24) is 0 Å². The molecule has 0 spiro atoms. The lowest BCUT2D eigenvalue weighted by Gasteiger charge is -2.54. The summed E-state index contributed by atoms with van der Waals surface area (Å²) in [6.07, 6.45) is 3.62. The third-order valence-electron chi connectivity index (χ3n) is 3.50. The van der Waals surface area contributed by atoms with Crippen molar-refractivity contribution in [3.8, 4) is 0 Å². The fraction of sp³-hybridized carbons (Fsp3) is 1.00. The lowest BCUT2D eigenvalue weighted by molar-refractivity contribution is -0.169. The fourth-order valence-corrected chi connectivity index (χ4v) is 3.05. The minimum atomic E-state index is -0.0444. The summed E-state index contributed by atoms with van der Waals surface area (Å²) in [5.41, 5.74) is 0.187. The van der Waals surface area contributed by atoms with Gasteiger partial charge in [0.15, 0.2) is 0 Å². The van der Waals surface area contributed by atoms with E-state index in [2.05, 4.69) is 34.6 Å². The van der Waals surface area contributed by atoms with Crippen molar-refractivity contribution in [3.63, 3.8) is 0 Å². The minimum absolute atomic E-state index is 0.0444. The first kappa shape index (κ1) is 12.3. The molecule has 0 heterocycles. The van der Waals surface area contributed by atoms with Gasteiger partial charge >= 0.3 is 0 Å². The Bertz CT molecular complexity index is 191. The molecule has 0 saturated heterocycles. The Labute approximate surface area is 93.2 Å². The Morgan fingerprint density at radius 3 is 2.07 bits per heavy atom. The van der Waals surface area contributed by atoms with Crippen LogP contribution in [0.5, 0.6) is 0 Å². The molecule has 1 fully saturated rings. The van der Waals surface area contributed by atoms with Gasteiger partial charge in [-0.25, -0.2) is 0 Å². The van der Waals surface area contributed by atoms with Crippen molar-refractivity contribution >= 4 is 11.6 Å². The molecule has 1 aliphatic rings. The second-order valence-corrected chi connectivity index (χ2v) is 5.89. The van der Waals surface area contributed by atoms with Gasteiger partial charge in [0.25, 0.3) is 0 Å². The lowest BCUT2D eigenvalue weighted by atomic mass is 9.62. The normalized spacial score (nSPS) is 31.3. The van der Waals surface area contributed by atoms with E-state index in [1.165, 1.54) is 0 Å². The summed E-state index contributed by atoms with van der Waals surface area (Å²) in [5.74, 6) is 0. The van der Waals surface area contributed by atoms with Crippen LogP contribution in [0.4, 0.5) is 0 Å². The Kier molecular flexibility index (Phi) is 3.53. The Morgan fingerprint density at radius 2 is 1.79 bits per heavy atom. The highest BCUT2D eigenvalue weighted by molar-refractivity contribution is 6.21. The highest BCUT2D eigenvalue weighted by atomic mass is 35.5. The van der Waals surface area contributed by atoms with Crippen molar-refractivity contribution in [1.29, 1.82) is 0 Å². The number of alkyl halides is 1. The zero-order valence-corrected chi connectivity index (χ0v) is 10.8. The number of halogens is 1. The molecule has 0 amide bonds. The van der Waals surface area contributed by atoms with Crippen LogP contribution in [0.15, 0.2) is 0 Å². The molecule has 1 nitrogen and oxygen atoms in total. The van der Waals surface area contributed by atoms with Gasteiger partial charge in [-0.15, -0.1) is 11.6 Å². The molecule has 1 saturated carbocycles. The molecule has 1 rings (SSSR count). The molecular formula is C12H23ClO. The minimum Gasteiger partial charge on any atom is -0.372 e. The van der Waals surface area contributed by atoms with E-state index in [1.54, 1.807) is 0 Å². The molecule has 0 radical (unpaired) electrons. The molecule has 2 unspecified atom stereocenters. The lowest BCUT2D eigenvalue weighted by Crippen LogP contribution is -2.57. The summed E-state index contributed by atoms with van der Waals surface area (Å²) in [7, 11) is 0. The molecule has 14 heavy (non-hydrogen) atoms. The number of hydrogen-bond donors (Lipinski definition) is 0. The van der Waals surface area contributed by atoms with Crippen LogP contribution in [0.3, 0.4) is 0 Å². The third-order valence-corrected chi connectivity index (χ3v) is 4.11. The maximum Gasteiger partial charge on any atom is 0.0666 e. The topological polar surface area (TPSA) is 9.23 Å². The second-order valence-electron chi connectivity index (χ2n) is 5.36. The van der Waals surface area contributed by atoms with Gasteiger partial charge in [0, 0.05) is 10.8 Å². The summed E-state index contributed by atoms with van der Waals surface area (Å²) in [4.78, 5) is 0. The van der Waals surface area contributed by atoms with Crippen molar-refractivity contribution in [2.45, 2.75) is 71.0 Å². The summed E-state index contributed by atoms with van der Waals surface area (Å²) in [6.45, 7) is 10.8. The predicted molar refractivity (Wildman–Crippen MR) is 61.9 cm³/mol. The van der Waals surface area contributed by atoms with Gasteiger partial charge in [-0.05, 0) is 40.0 Å². The molecule has 0 aromatic rings. The standard InChI is InChI=1S/C12H23ClO/c1-6-12(7-2)9(13)8-10(12)14-11(3,4)5/h9-10H,6-8H2,1-5H3. The van der Waals surface area contributed by atoms with Crippen LogP contribution in [-0.4, -0.2) is 17.1 Å². The monoisotopic (exact) mass is 218 g/mol. The summed E-state index contributed by atoms with van der Waals surface area (Å²) in [5, 5.41) is 0.310. The van der Waals surface area contributed by atoms with E-state index in [9.17, 15) is 0 Å². The molecule has 0 aliphatic heterocycles. The molecule has 2 heteroatoms. The van der Waals surface area contributed by atoms with E-state index < -0.39 is 0 Å². The van der Waals surface area contributed by atoms with E-state index >= 15 is 0 Å². The van der Waals surface area contributed by atoms with Crippen molar-refractivity contribution in [2.24, 2.45) is 5.41 Å². The Balaban J connectivity index is 2.64. The van der Waals surface area contributed by atoms with Gasteiger partial charge < -0.3 is 4.74 Å². The number of ether oxygens (including phenoxy) is 1. The van der Waals surface area contributed by atoms with Gasteiger partial charge in [-0.3, -0.25) is 0 Å². The first-order chi connectivity index (χ1) is 6.35. The Morgan fingerprint density at radius 1 is 1.29 bits per heavy atom. The van der Waals surface area contributed by atoms with Crippen LogP contribution in [0.1, 0.15) is 53.9 Å². The molecule has 1 aliphatic carbocycles. The zero-order chi connectivity index (χ0) is 11.0. The average Bonchev–Trinajstić information content (AvgIpc) is 2.03. The van der Waals surface area contributed by atoms with E-state index in [4.69, 9.17) is 16.3 Å². The van der Waals surface area contributed by atoms with E-state index in [0.717, 1.165) is 19.3 Å². The first-order valence-electron chi connectivity index (χ1n) is 5.67. The second kappa shape index (κ2) is 4.02. The molecule has 84 valence electrons. The van der Waals surface area contributed by atoms with Gasteiger partial charge in [0.2, 0.25) is 0 Å². The van der Waals surface area contributed by atoms with Gasteiger partial charge in [0.1, 0.15) is 0 Å². The van der Waals surface area contributed by atoms with Gasteiger partial charge in [-0.2, -0.15) is 0 Å². The van der Waals surface area contributed by atoms with Crippen LogP contribution >= 0.6 is 11.6 Å². The average molecular weight is 219 g/mol. The van der Waals surface area contributed by atoms with Crippen molar-refractivity contribution in [2.75, 3.05) is 0 Å². The largest absolute Gasteiger partial charge is 0.372 e. The summed E-state index contributed by atoms with van der Waals surface area (Å²) < 4.78 is 6.06. The Hall–Kier alpha value is 0.250. The van der Waals surface area contributed by atoms with Crippen LogP contribution in [-0.2, 0) is 4.74 Å². The number of rotatable bonds is 3. The maximum atomic E-state index is 6.32. The maximum absolute atomic E-state index is 6.32. The zero-order valence-electron chi connectivity index (χ0n) is 10.1. The quantitative estimate of drug-likeness (QED) is 0.651. The fourth-order valence-electron chi connectivity index (χ4n) is 2.44. The molecular weight excluding hydrogens is 196 g/mol. The molecule has 2 atom stereocenters. The highest BCUT2D eigenvalue weighted by Gasteiger charge is 2.53. The van der Waals surface area contributed by atoms with E-state index in [0.29, 0.717) is 11.5 Å². The summed E-state index contributed by atoms with van der Waals surface area (Å²) in [6, 6.07) is 0. The van der Waals surface area contributed by atoms with E-state index in [1.807, 2.05) is 0 Å². The molecule has 0 N–H and O–H groups in total. The third kappa shape index (κ3) is 2.09. The smallest absolute Gasteiger partial charge is 0.0666 e. The highest BCUT2D eigenvalue weighted by Crippen LogP contribution is 2.52. The van der Waals surface area contributed by atoms with Gasteiger partial charge in [-0.1, -0.05) is 13.8 Å². The molecule has 0 bridgehead atoms. The first-order valence-corrected chi connectivity index (χ1v) is 6.11. The summed E-state index contributed by atoms with van der Waals surface area (Å²) >= 11 is 6.32. The van der Waals surface area contributed by atoms with Crippen molar-refractivity contribution < 1.29 is 4.74 Å². The van der Waals surface area contributed by atoms with Crippen LogP contribution in [0, 0.1) is 5.41 Å².